The van der Waals surface area contributed by atoms with Gasteiger partial charge in [-0.3, -0.25) is 24.2 Å². The molecule has 4 saturated heterocycles. The zero-order valence-electron chi connectivity index (χ0n) is 26.0. The van der Waals surface area contributed by atoms with Crippen molar-refractivity contribution < 1.29 is 18.8 Å². The first kappa shape index (κ1) is 30.4. The summed E-state index contributed by atoms with van der Waals surface area (Å²) in [5, 5.41) is 6.12. The molecule has 0 bridgehead atoms. The molecule has 1 unspecified atom stereocenters. The number of para-hydroxylation sites is 2. The highest BCUT2D eigenvalue weighted by molar-refractivity contribution is 5.99. The molecule has 4 heterocycles. The third-order valence-corrected chi connectivity index (χ3v) is 10.7. The van der Waals surface area contributed by atoms with Crippen molar-refractivity contribution in [2.75, 3.05) is 49.3 Å². The van der Waals surface area contributed by atoms with Crippen molar-refractivity contribution in [2.24, 2.45) is 0 Å². The zero-order valence-corrected chi connectivity index (χ0v) is 26.0. The summed E-state index contributed by atoms with van der Waals surface area (Å²) >= 11 is 0. The van der Waals surface area contributed by atoms with E-state index < -0.39 is 23.0 Å². The molecule has 0 aliphatic carbocycles. The van der Waals surface area contributed by atoms with Gasteiger partial charge in [0.15, 0.2) is 12.0 Å². The highest BCUT2D eigenvalue weighted by Crippen LogP contribution is 2.40. The van der Waals surface area contributed by atoms with Gasteiger partial charge < -0.3 is 20.4 Å². The number of Topliss-reactive ketones (excluding diaryl/α,β-unsaturated/α-hetero) is 1. The molecule has 2 N–H and O–H groups in total. The fraction of sp³-hybridized carbons (Fsp3) is 0.417. The third-order valence-electron chi connectivity index (χ3n) is 10.7. The fourth-order valence-corrected chi connectivity index (χ4v) is 8.05. The quantitative estimate of drug-likeness (QED) is 0.369. The number of rotatable bonds is 8. The predicted octanol–water partition coefficient (Wildman–Crippen LogP) is 3.78. The number of likely N-dealkylation sites (tertiary alicyclic amines) is 2. The van der Waals surface area contributed by atoms with Crippen LogP contribution >= 0.6 is 0 Å². The molecule has 2 amide bonds. The summed E-state index contributed by atoms with van der Waals surface area (Å²) < 4.78 is 16.0. The standard InChI is InChI=1S/C36H41FN6O3/c37-30(32(44)27-10-4-1-5-11-27)24-31(40-20-16-35(17-21-40)33(45)38-25-42(35)28-12-6-2-7-13-28)41-22-18-36(19-23-41)34(46)39-26-43(36)29-14-8-3-9-15-29/h1-15,30-31H,16-26H2,(H,38,45)(H,39,46). The summed E-state index contributed by atoms with van der Waals surface area (Å²) in [6.45, 7) is 3.27. The largest absolute Gasteiger partial charge is 0.339 e. The lowest BCUT2D eigenvalue weighted by molar-refractivity contribution is -0.126. The van der Waals surface area contributed by atoms with Crippen LogP contribution in [-0.2, 0) is 9.59 Å². The number of hydrogen-bond acceptors (Lipinski definition) is 7. The molecule has 9 nitrogen and oxygen atoms in total. The minimum absolute atomic E-state index is 0.0247. The number of carbonyl (C=O) groups is 3. The van der Waals surface area contributed by atoms with Gasteiger partial charge in [0.2, 0.25) is 11.8 Å². The molecule has 1 atom stereocenters. The smallest absolute Gasteiger partial charge is 0.247 e. The zero-order chi connectivity index (χ0) is 31.7. The Morgan fingerprint density at radius 1 is 0.652 bits per heavy atom. The van der Waals surface area contributed by atoms with E-state index in [-0.39, 0.29) is 24.4 Å². The van der Waals surface area contributed by atoms with Gasteiger partial charge in [0.1, 0.15) is 11.1 Å². The van der Waals surface area contributed by atoms with Crippen LogP contribution in [0.3, 0.4) is 0 Å². The topological polar surface area (TPSA) is 88.2 Å². The molecule has 4 fully saturated rings. The average molecular weight is 625 g/mol. The van der Waals surface area contributed by atoms with Gasteiger partial charge in [-0.05, 0) is 49.9 Å². The molecular formula is C36H41FN6O3. The van der Waals surface area contributed by atoms with E-state index in [1.54, 1.807) is 24.3 Å². The normalized spacial score (nSPS) is 22.0. The number of carbonyl (C=O) groups excluding carboxylic acids is 3. The second-order valence-electron chi connectivity index (χ2n) is 12.9. The number of alkyl halides is 1. The maximum atomic E-state index is 16.0. The van der Waals surface area contributed by atoms with Gasteiger partial charge in [-0.15, -0.1) is 0 Å². The van der Waals surface area contributed by atoms with Crippen molar-refractivity contribution in [3.8, 4) is 0 Å². The molecule has 3 aromatic carbocycles. The molecule has 2 spiro atoms. The maximum Gasteiger partial charge on any atom is 0.247 e. The Labute approximate surface area is 269 Å². The fourth-order valence-electron chi connectivity index (χ4n) is 8.05. The summed E-state index contributed by atoms with van der Waals surface area (Å²) in [5.74, 6) is -0.449. The molecule has 240 valence electrons. The molecule has 4 aliphatic rings. The summed E-state index contributed by atoms with van der Waals surface area (Å²) in [6, 6.07) is 28.6. The summed E-state index contributed by atoms with van der Waals surface area (Å²) in [6.07, 6.45) is 0.376. The molecule has 0 aromatic heterocycles. The van der Waals surface area contributed by atoms with Crippen LogP contribution < -0.4 is 20.4 Å². The van der Waals surface area contributed by atoms with E-state index in [0.717, 1.165) is 11.4 Å². The van der Waals surface area contributed by atoms with Gasteiger partial charge >= 0.3 is 0 Å². The van der Waals surface area contributed by atoms with Gasteiger partial charge in [0.05, 0.1) is 19.5 Å². The van der Waals surface area contributed by atoms with Gasteiger partial charge in [0.25, 0.3) is 0 Å². The Bertz CT molecular complexity index is 1450. The van der Waals surface area contributed by atoms with Crippen LogP contribution in [0.5, 0.6) is 0 Å². The van der Waals surface area contributed by atoms with Crippen LogP contribution in [0.4, 0.5) is 15.8 Å². The summed E-state index contributed by atoms with van der Waals surface area (Å²) in [5.41, 5.74) is 1.04. The first-order valence-electron chi connectivity index (χ1n) is 16.3. The second-order valence-corrected chi connectivity index (χ2v) is 12.9. The molecule has 4 aliphatic heterocycles. The Hall–Kier alpha value is -4.28. The van der Waals surface area contributed by atoms with Crippen LogP contribution in [0.15, 0.2) is 91.0 Å². The number of ketones is 1. The first-order valence-corrected chi connectivity index (χ1v) is 16.3. The van der Waals surface area contributed by atoms with E-state index in [9.17, 15) is 14.4 Å². The SMILES string of the molecule is O=C(c1ccccc1)C(F)CC(N1CCC2(CC1)C(=O)NCN2c1ccccc1)N1CCC2(CC1)C(=O)NCN2c1ccccc1. The van der Waals surface area contributed by atoms with Crippen molar-refractivity contribution >= 4 is 29.0 Å². The van der Waals surface area contributed by atoms with E-state index in [1.165, 1.54) is 0 Å². The Morgan fingerprint density at radius 3 is 1.46 bits per heavy atom. The highest BCUT2D eigenvalue weighted by atomic mass is 19.1. The monoisotopic (exact) mass is 624 g/mol. The Morgan fingerprint density at radius 2 is 1.04 bits per heavy atom. The number of anilines is 2. The van der Waals surface area contributed by atoms with Crippen LogP contribution in [0.2, 0.25) is 0 Å². The molecule has 46 heavy (non-hydrogen) atoms. The van der Waals surface area contributed by atoms with Crippen LogP contribution in [-0.4, -0.2) is 90.3 Å². The highest BCUT2D eigenvalue weighted by Gasteiger charge is 2.54. The maximum absolute atomic E-state index is 16.0. The third kappa shape index (κ3) is 5.33. The molecule has 0 saturated carbocycles. The Kier molecular flexibility index (Phi) is 8.25. The van der Waals surface area contributed by atoms with Gasteiger partial charge in [0, 0.05) is 49.5 Å². The van der Waals surface area contributed by atoms with Gasteiger partial charge in [-0.2, -0.15) is 0 Å². The first-order chi connectivity index (χ1) is 22.4. The van der Waals surface area contributed by atoms with Gasteiger partial charge in [-0.1, -0.05) is 66.7 Å². The van der Waals surface area contributed by atoms with Crippen molar-refractivity contribution in [1.29, 1.82) is 0 Å². The molecule has 7 rings (SSSR count). The molecular weight excluding hydrogens is 583 g/mol. The van der Waals surface area contributed by atoms with Crippen LogP contribution in [0.1, 0.15) is 42.5 Å². The molecule has 0 radical (unpaired) electrons. The van der Waals surface area contributed by atoms with Crippen LogP contribution in [0.25, 0.3) is 0 Å². The van der Waals surface area contributed by atoms with E-state index in [1.807, 2.05) is 66.7 Å². The van der Waals surface area contributed by atoms with E-state index >= 15 is 4.39 Å². The average Bonchev–Trinajstić information content (AvgIpc) is 3.60. The Balaban J connectivity index is 1.11. The van der Waals surface area contributed by atoms with Gasteiger partial charge in [-0.25, -0.2) is 4.39 Å². The number of hydrogen-bond donors (Lipinski definition) is 2. The van der Waals surface area contributed by atoms with E-state index in [4.69, 9.17) is 0 Å². The van der Waals surface area contributed by atoms with Crippen molar-refractivity contribution in [2.45, 2.75) is 55.5 Å². The molecule has 10 heteroatoms. The minimum atomic E-state index is -1.68. The number of nitrogens with zero attached hydrogens (tertiary/aromatic N) is 4. The minimum Gasteiger partial charge on any atom is -0.339 e. The van der Waals surface area contributed by atoms with Crippen molar-refractivity contribution in [3.63, 3.8) is 0 Å². The number of benzene rings is 3. The number of nitrogens with one attached hydrogen (secondary N) is 2. The van der Waals surface area contributed by atoms with Crippen molar-refractivity contribution in [3.05, 3.63) is 96.6 Å². The molecule has 3 aromatic rings. The lowest BCUT2D eigenvalue weighted by Crippen LogP contribution is -2.63. The van der Waals surface area contributed by atoms with E-state index in [0.29, 0.717) is 70.8 Å². The predicted molar refractivity (Wildman–Crippen MR) is 175 cm³/mol. The summed E-state index contributed by atoms with van der Waals surface area (Å²) in [4.78, 5) is 48.7. The number of amides is 2. The second kappa shape index (κ2) is 12.5. The van der Waals surface area contributed by atoms with E-state index in [2.05, 4.69) is 30.2 Å². The lowest BCUT2D eigenvalue weighted by Gasteiger charge is -2.51. The summed E-state index contributed by atoms with van der Waals surface area (Å²) in [7, 11) is 0. The van der Waals surface area contributed by atoms with Crippen LogP contribution in [0, 0.1) is 0 Å². The number of halogens is 1. The number of piperidine rings is 2. The lowest BCUT2D eigenvalue weighted by atomic mass is 9.83. The van der Waals surface area contributed by atoms with Crippen molar-refractivity contribution in [1.82, 2.24) is 20.4 Å².